The molecule has 0 saturated carbocycles. The Labute approximate surface area is 192 Å². The van der Waals surface area contributed by atoms with Crippen molar-refractivity contribution in [1.82, 2.24) is 26.4 Å². The summed E-state index contributed by atoms with van der Waals surface area (Å²) >= 11 is 6.63. The molecule has 3 aromatic rings. The second kappa shape index (κ2) is 8.91. The van der Waals surface area contributed by atoms with Gasteiger partial charge in [0.25, 0.3) is 0 Å². The second-order valence-electron chi connectivity index (χ2n) is 8.78. The van der Waals surface area contributed by atoms with Crippen LogP contribution in [0.1, 0.15) is 37.9 Å². The minimum absolute atomic E-state index is 0.0357. The van der Waals surface area contributed by atoms with Gasteiger partial charge in [0.2, 0.25) is 0 Å². The first kappa shape index (κ1) is 21.7. The number of rotatable bonds is 6. The molecule has 9 heteroatoms. The number of nitrogens with zero attached hydrogens (tertiary/aromatic N) is 3. The van der Waals surface area contributed by atoms with Crippen molar-refractivity contribution in [2.75, 3.05) is 17.2 Å². The number of aromatic nitrogens is 2. The number of nitrogens with one attached hydrogen (secondary N) is 5. The Bertz CT molecular complexity index is 1190. The highest BCUT2D eigenvalue weighted by Crippen LogP contribution is 2.35. The lowest BCUT2D eigenvalue weighted by Gasteiger charge is -2.23. The highest BCUT2D eigenvalue weighted by molar-refractivity contribution is 6.35. The van der Waals surface area contributed by atoms with Gasteiger partial charge in [0.15, 0.2) is 0 Å². The van der Waals surface area contributed by atoms with Crippen LogP contribution in [0.4, 0.5) is 11.4 Å². The molecule has 1 aliphatic heterocycles. The molecular weight excluding hydrogens is 424 g/mol. The maximum Gasteiger partial charge on any atom is 0.103 e. The van der Waals surface area contributed by atoms with E-state index >= 15 is 0 Å². The van der Waals surface area contributed by atoms with Crippen LogP contribution in [0.25, 0.3) is 10.9 Å². The lowest BCUT2D eigenvalue weighted by Crippen LogP contribution is -2.33. The Hall–Kier alpha value is -3.54. The topological polar surface area (TPSA) is 110 Å². The molecule has 0 saturated heterocycles. The maximum absolute atomic E-state index is 9.67. The molecule has 4 rings (SSSR count). The number of hydrazine groups is 2. The number of halogens is 1. The van der Waals surface area contributed by atoms with E-state index in [-0.39, 0.29) is 11.5 Å². The second-order valence-corrected chi connectivity index (χ2v) is 9.19. The van der Waals surface area contributed by atoms with Gasteiger partial charge >= 0.3 is 0 Å². The van der Waals surface area contributed by atoms with Crippen LogP contribution in [-0.2, 0) is 0 Å². The minimum Gasteiger partial charge on any atom is -0.383 e. The van der Waals surface area contributed by atoms with Gasteiger partial charge in [0.1, 0.15) is 6.07 Å². The summed E-state index contributed by atoms with van der Waals surface area (Å²) in [6.07, 6.45) is 6.96. The van der Waals surface area contributed by atoms with Crippen LogP contribution in [0.5, 0.6) is 0 Å². The minimum atomic E-state index is -0.210. The summed E-state index contributed by atoms with van der Waals surface area (Å²) in [5.74, 6) is 0. The van der Waals surface area contributed by atoms with E-state index in [9.17, 15) is 5.26 Å². The Kier molecular flexibility index (Phi) is 6.04. The molecule has 32 heavy (non-hydrogen) atoms. The standard InChI is InChI=1S/C23H25ClN8/c1-23(2,3)13-28-20-15(9-25)11-27-22-17(20)7-16(8-18(22)24)30-21(19-12-29-32-31-19)14-5-4-6-26-10-14/h4-8,10-12,21,29-32H,13H2,1-3H3,(H,27,28)/t21-/m0/s1. The van der Waals surface area contributed by atoms with Crippen LogP contribution >= 0.6 is 11.6 Å². The first-order valence-corrected chi connectivity index (χ1v) is 10.6. The van der Waals surface area contributed by atoms with E-state index in [0.717, 1.165) is 28.0 Å². The molecule has 164 valence electrons. The van der Waals surface area contributed by atoms with Crippen molar-refractivity contribution in [1.29, 1.82) is 5.26 Å². The number of fused-ring (bicyclic) bond motifs is 1. The molecule has 0 aliphatic carbocycles. The van der Waals surface area contributed by atoms with E-state index in [1.807, 2.05) is 36.7 Å². The van der Waals surface area contributed by atoms with Crippen molar-refractivity contribution in [3.05, 3.63) is 70.9 Å². The highest BCUT2D eigenvalue weighted by Gasteiger charge is 2.21. The molecule has 5 N–H and O–H groups in total. The quantitative estimate of drug-likeness (QED) is 0.381. The smallest absolute Gasteiger partial charge is 0.103 e. The van der Waals surface area contributed by atoms with Crippen LogP contribution in [0.3, 0.4) is 0 Å². The van der Waals surface area contributed by atoms with E-state index < -0.39 is 0 Å². The van der Waals surface area contributed by atoms with Crippen molar-refractivity contribution >= 4 is 33.9 Å². The van der Waals surface area contributed by atoms with Crippen molar-refractivity contribution in [3.8, 4) is 6.07 Å². The van der Waals surface area contributed by atoms with Gasteiger partial charge in [-0.2, -0.15) is 10.8 Å². The first-order valence-electron chi connectivity index (χ1n) is 10.2. The van der Waals surface area contributed by atoms with Crippen molar-refractivity contribution in [3.63, 3.8) is 0 Å². The third kappa shape index (κ3) is 4.69. The van der Waals surface area contributed by atoms with Gasteiger partial charge in [0.05, 0.1) is 33.5 Å². The predicted octanol–water partition coefficient (Wildman–Crippen LogP) is 4.22. The summed E-state index contributed by atoms with van der Waals surface area (Å²) in [5.41, 5.74) is 13.5. The van der Waals surface area contributed by atoms with Crippen LogP contribution in [0.15, 0.2) is 54.8 Å². The fourth-order valence-electron chi connectivity index (χ4n) is 3.44. The third-order valence-electron chi connectivity index (χ3n) is 4.99. The molecule has 2 aromatic heterocycles. The molecular formula is C23H25ClN8. The van der Waals surface area contributed by atoms with Gasteiger partial charge < -0.3 is 21.5 Å². The van der Waals surface area contributed by atoms with Gasteiger partial charge in [-0.3, -0.25) is 9.97 Å². The van der Waals surface area contributed by atoms with Gasteiger partial charge in [0, 0.05) is 42.4 Å². The Morgan fingerprint density at radius 3 is 2.75 bits per heavy atom. The summed E-state index contributed by atoms with van der Waals surface area (Å²) in [6, 6.07) is 9.74. The summed E-state index contributed by atoms with van der Waals surface area (Å²) in [7, 11) is 0. The first-order chi connectivity index (χ1) is 15.4. The van der Waals surface area contributed by atoms with Crippen LogP contribution < -0.4 is 27.0 Å². The molecule has 0 spiro atoms. The zero-order valence-electron chi connectivity index (χ0n) is 18.1. The monoisotopic (exact) mass is 448 g/mol. The lowest BCUT2D eigenvalue weighted by atomic mass is 9.96. The third-order valence-corrected chi connectivity index (χ3v) is 5.28. The van der Waals surface area contributed by atoms with E-state index in [2.05, 4.69) is 63.8 Å². The van der Waals surface area contributed by atoms with Crippen LogP contribution in [-0.4, -0.2) is 16.5 Å². The average Bonchev–Trinajstić information content (AvgIpc) is 3.30. The van der Waals surface area contributed by atoms with Gasteiger partial charge in [-0.25, -0.2) is 0 Å². The zero-order valence-corrected chi connectivity index (χ0v) is 18.9. The molecule has 0 radical (unpaired) electrons. The van der Waals surface area contributed by atoms with Gasteiger partial charge in [-0.05, 0) is 29.2 Å². The van der Waals surface area contributed by atoms with Gasteiger partial charge in [-0.15, -0.1) is 0 Å². The van der Waals surface area contributed by atoms with Crippen molar-refractivity contribution in [2.24, 2.45) is 5.41 Å². The zero-order chi connectivity index (χ0) is 22.7. The number of pyridine rings is 2. The molecule has 0 unspecified atom stereocenters. The molecule has 1 atom stereocenters. The predicted molar refractivity (Wildman–Crippen MR) is 128 cm³/mol. The summed E-state index contributed by atoms with van der Waals surface area (Å²) in [5, 5.41) is 17.9. The number of benzene rings is 1. The van der Waals surface area contributed by atoms with Crippen LogP contribution in [0.2, 0.25) is 5.02 Å². The van der Waals surface area contributed by atoms with Gasteiger partial charge in [-0.1, -0.05) is 38.4 Å². The molecule has 0 amide bonds. The Morgan fingerprint density at radius 1 is 1.25 bits per heavy atom. The Morgan fingerprint density at radius 2 is 2.09 bits per heavy atom. The summed E-state index contributed by atoms with van der Waals surface area (Å²) < 4.78 is 0. The molecule has 1 aliphatic rings. The van der Waals surface area contributed by atoms with Crippen molar-refractivity contribution < 1.29 is 0 Å². The number of nitriles is 1. The molecule has 0 bridgehead atoms. The number of anilines is 2. The van der Waals surface area contributed by atoms with Crippen molar-refractivity contribution in [2.45, 2.75) is 26.8 Å². The highest BCUT2D eigenvalue weighted by atomic mass is 35.5. The van der Waals surface area contributed by atoms with E-state index in [0.29, 0.717) is 22.6 Å². The Balaban J connectivity index is 1.78. The fraction of sp³-hybridized carbons (Fsp3) is 0.261. The molecule has 1 aromatic carbocycles. The SMILES string of the molecule is CC(C)(C)CNc1c(C#N)cnc2c(Cl)cc(N[C@H](C3=CNNN3)c3cccnc3)cc12. The fourth-order valence-corrected chi connectivity index (χ4v) is 3.71. The molecule has 3 heterocycles. The van der Waals surface area contributed by atoms with Crippen LogP contribution in [0, 0.1) is 16.7 Å². The number of hydrogen-bond donors (Lipinski definition) is 5. The summed E-state index contributed by atoms with van der Waals surface area (Å²) in [6.45, 7) is 7.11. The largest absolute Gasteiger partial charge is 0.383 e. The van der Waals surface area contributed by atoms with E-state index in [1.165, 1.54) is 0 Å². The normalized spacial score (nSPS) is 14.2. The summed E-state index contributed by atoms with van der Waals surface area (Å²) in [4.78, 5) is 8.69. The maximum atomic E-state index is 9.67. The molecule has 8 nitrogen and oxygen atoms in total. The van der Waals surface area contributed by atoms with E-state index in [4.69, 9.17) is 11.6 Å². The van der Waals surface area contributed by atoms with E-state index in [1.54, 1.807) is 12.4 Å². The lowest BCUT2D eigenvalue weighted by molar-refractivity contribution is 0.443. The number of hydrogen-bond acceptors (Lipinski definition) is 8. The molecule has 0 fully saturated rings. The average molecular weight is 449 g/mol.